The summed E-state index contributed by atoms with van der Waals surface area (Å²) in [6.07, 6.45) is 3.67. The molecule has 3 rings (SSSR count). The topological polar surface area (TPSA) is 75.4 Å². The zero-order valence-electron chi connectivity index (χ0n) is 15.0. The van der Waals surface area contributed by atoms with E-state index in [0.717, 1.165) is 66.9 Å². The van der Waals surface area contributed by atoms with Crippen LogP contribution in [0.5, 0.6) is 11.5 Å². The van der Waals surface area contributed by atoms with Crippen molar-refractivity contribution in [1.29, 1.82) is 0 Å². The maximum Gasteiger partial charge on any atom is 0.223 e. The molecule has 0 unspecified atom stereocenters. The van der Waals surface area contributed by atoms with Crippen molar-refractivity contribution in [1.82, 2.24) is 15.6 Å². The van der Waals surface area contributed by atoms with E-state index in [0.29, 0.717) is 6.54 Å². The number of hydrogen-bond donors (Lipinski definition) is 3. The first-order valence-electron chi connectivity index (χ1n) is 8.93. The Morgan fingerprint density at radius 1 is 1.20 bits per heavy atom. The summed E-state index contributed by atoms with van der Waals surface area (Å²) < 4.78 is 10.8. The van der Waals surface area contributed by atoms with Gasteiger partial charge in [0.2, 0.25) is 5.91 Å². The number of aryl methyl sites for hydroxylation is 1. The lowest BCUT2D eigenvalue weighted by molar-refractivity contribution is -0.125. The number of nitrogens with one attached hydrogen (secondary N) is 3. The third-order valence-corrected chi connectivity index (χ3v) is 4.82. The van der Waals surface area contributed by atoms with Gasteiger partial charge in [0.1, 0.15) is 11.5 Å². The molecule has 25 heavy (non-hydrogen) atoms. The van der Waals surface area contributed by atoms with Gasteiger partial charge in [-0.1, -0.05) is 0 Å². The monoisotopic (exact) mass is 345 g/mol. The molecule has 1 aromatic heterocycles. The molecule has 1 aliphatic heterocycles. The number of H-pyrrole nitrogens is 1. The average Bonchev–Trinajstić information content (AvgIpc) is 3.07. The van der Waals surface area contributed by atoms with Gasteiger partial charge in [-0.2, -0.15) is 0 Å². The minimum atomic E-state index is 0.172. The van der Waals surface area contributed by atoms with Crippen molar-refractivity contribution in [2.75, 3.05) is 33.9 Å². The summed E-state index contributed by atoms with van der Waals surface area (Å²) in [7, 11) is 3.31. The Labute approximate surface area is 148 Å². The standard InChI is InChI=1S/C19H27N3O3/c1-24-15-11-17-16(18(12-15)25-2)10-14(22-17)4-3-7-21-19(23)13-5-8-20-9-6-13/h10-13,20,22H,3-9H2,1-2H3,(H,21,23). The van der Waals surface area contributed by atoms with Crippen LogP contribution in [-0.2, 0) is 11.2 Å². The predicted molar refractivity (Wildman–Crippen MR) is 98.3 cm³/mol. The average molecular weight is 345 g/mol. The van der Waals surface area contributed by atoms with Crippen LogP contribution in [0.25, 0.3) is 10.9 Å². The van der Waals surface area contributed by atoms with Gasteiger partial charge in [0.25, 0.3) is 0 Å². The number of amides is 1. The van der Waals surface area contributed by atoms with E-state index >= 15 is 0 Å². The lowest BCUT2D eigenvalue weighted by Crippen LogP contribution is -2.38. The van der Waals surface area contributed by atoms with Crippen molar-refractivity contribution in [2.45, 2.75) is 25.7 Å². The SMILES string of the molecule is COc1cc(OC)c2cc(CCCNC(=O)C3CCNCC3)[nH]c2c1. The Balaban J connectivity index is 1.53. The van der Waals surface area contributed by atoms with E-state index in [2.05, 4.69) is 21.7 Å². The molecule has 0 bridgehead atoms. The first kappa shape index (κ1) is 17.6. The van der Waals surface area contributed by atoms with E-state index in [1.807, 2.05) is 12.1 Å². The number of ether oxygens (including phenoxy) is 2. The molecule has 1 saturated heterocycles. The third kappa shape index (κ3) is 4.25. The van der Waals surface area contributed by atoms with Gasteiger partial charge in [0.15, 0.2) is 0 Å². The van der Waals surface area contributed by atoms with Crippen molar-refractivity contribution in [3.63, 3.8) is 0 Å². The molecule has 1 aromatic carbocycles. The minimum Gasteiger partial charge on any atom is -0.497 e. The number of carbonyl (C=O) groups excluding carboxylic acids is 1. The number of fused-ring (bicyclic) bond motifs is 1. The second-order valence-electron chi connectivity index (χ2n) is 6.50. The maximum atomic E-state index is 12.1. The van der Waals surface area contributed by atoms with E-state index in [1.54, 1.807) is 14.2 Å². The van der Waals surface area contributed by atoms with E-state index in [4.69, 9.17) is 9.47 Å². The van der Waals surface area contributed by atoms with E-state index < -0.39 is 0 Å². The van der Waals surface area contributed by atoms with Gasteiger partial charge < -0.3 is 25.1 Å². The van der Waals surface area contributed by atoms with Crippen LogP contribution in [0.3, 0.4) is 0 Å². The van der Waals surface area contributed by atoms with E-state index in [-0.39, 0.29) is 11.8 Å². The number of aromatic nitrogens is 1. The highest BCUT2D eigenvalue weighted by atomic mass is 16.5. The molecule has 0 aliphatic carbocycles. The van der Waals surface area contributed by atoms with Crippen LogP contribution in [0, 0.1) is 5.92 Å². The summed E-state index contributed by atoms with van der Waals surface area (Å²) in [6, 6.07) is 5.97. The summed E-state index contributed by atoms with van der Waals surface area (Å²) in [5.74, 6) is 1.94. The lowest BCUT2D eigenvalue weighted by Gasteiger charge is -2.21. The Morgan fingerprint density at radius 3 is 2.72 bits per heavy atom. The fourth-order valence-electron chi connectivity index (χ4n) is 3.38. The molecule has 0 atom stereocenters. The van der Waals surface area contributed by atoms with Crippen LogP contribution in [0.1, 0.15) is 25.0 Å². The molecule has 2 heterocycles. The maximum absolute atomic E-state index is 12.1. The molecule has 0 radical (unpaired) electrons. The number of piperidine rings is 1. The zero-order valence-corrected chi connectivity index (χ0v) is 15.0. The van der Waals surface area contributed by atoms with Gasteiger partial charge in [-0.15, -0.1) is 0 Å². The minimum absolute atomic E-state index is 0.172. The second-order valence-corrected chi connectivity index (χ2v) is 6.50. The number of hydrogen-bond acceptors (Lipinski definition) is 4. The first-order valence-corrected chi connectivity index (χ1v) is 8.93. The molecule has 0 spiro atoms. The van der Waals surface area contributed by atoms with Crippen LogP contribution in [0.4, 0.5) is 0 Å². The number of benzene rings is 1. The predicted octanol–water partition coefficient (Wildman–Crippen LogP) is 2.23. The van der Waals surface area contributed by atoms with Crippen molar-refractivity contribution in [2.24, 2.45) is 5.92 Å². The summed E-state index contributed by atoms with van der Waals surface area (Å²) in [6.45, 7) is 2.59. The van der Waals surface area contributed by atoms with Gasteiger partial charge in [0.05, 0.1) is 19.7 Å². The number of carbonyl (C=O) groups is 1. The van der Waals surface area contributed by atoms with Gasteiger partial charge >= 0.3 is 0 Å². The van der Waals surface area contributed by atoms with Crippen LogP contribution >= 0.6 is 0 Å². The molecular formula is C19H27N3O3. The van der Waals surface area contributed by atoms with Crippen molar-refractivity contribution >= 4 is 16.8 Å². The summed E-state index contributed by atoms with van der Waals surface area (Å²) >= 11 is 0. The largest absolute Gasteiger partial charge is 0.497 e. The van der Waals surface area contributed by atoms with Crippen LogP contribution in [0.2, 0.25) is 0 Å². The fraction of sp³-hybridized carbons (Fsp3) is 0.526. The van der Waals surface area contributed by atoms with Crippen LogP contribution < -0.4 is 20.1 Å². The molecule has 2 aromatic rings. The number of methoxy groups -OCH3 is 2. The highest BCUT2D eigenvalue weighted by Gasteiger charge is 2.20. The molecule has 1 amide bonds. The Hall–Kier alpha value is -2.21. The Bertz CT molecular complexity index is 720. The number of rotatable bonds is 7. The Morgan fingerprint density at radius 2 is 2.00 bits per heavy atom. The fourth-order valence-corrected chi connectivity index (χ4v) is 3.38. The summed E-state index contributed by atoms with van der Waals surface area (Å²) in [5, 5.41) is 7.41. The third-order valence-electron chi connectivity index (χ3n) is 4.82. The van der Waals surface area contributed by atoms with E-state index in [9.17, 15) is 4.79 Å². The van der Waals surface area contributed by atoms with E-state index in [1.165, 1.54) is 0 Å². The molecule has 6 heteroatoms. The molecule has 1 aliphatic rings. The molecule has 0 saturated carbocycles. The van der Waals surface area contributed by atoms with Crippen LogP contribution in [0.15, 0.2) is 18.2 Å². The lowest BCUT2D eigenvalue weighted by atomic mass is 9.97. The number of aromatic amines is 1. The Kier molecular flexibility index (Phi) is 5.81. The second kappa shape index (κ2) is 8.25. The van der Waals surface area contributed by atoms with Crippen molar-refractivity contribution in [3.8, 4) is 11.5 Å². The van der Waals surface area contributed by atoms with Gasteiger partial charge in [-0.25, -0.2) is 0 Å². The molecule has 3 N–H and O–H groups in total. The normalized spacial score (nSPS) is 15.3. The highest BCUT2D eigenvalue weighted by Crippen LogP contribution is 2.31. The van der Waals surface area contributed by atoms with Crippen molar-refractivity contribution < 1.29 is 14.3 Å². The molecular weight excluding hydrogens is 318 g/mol. The van der Waals surface area contributed by atoms with Gasteiger partial charge in [-0.3, -0.25) is 4.79 Å². The molecule has 1 fully saturated rings. The zero-order chi connectivity index (χ0) is 17.6. The molecule has 6 nitrogen and oxygen atoms in total. The summed E-state index contributed by atoms with van der Waals surface area (Å²) in [4.78, 5) is 15.5. The van der Waals surface area contributed by atoms with Gasteiger partial charge in [-0.05, 0) is 44.8 Å². The quantitative estimate of drug-likeness (QED) is 0.673. The smallest absolute Gasteiger partial charge is 0.223 e. The van der Waals surface area contributed by atoms with Gasteiger partial charge in [0, 0.05) is 35.7 Å². The summed E-state index contributed by atoms with van der Waals surface area (Å²) in [5.41, 5.74) is 2.14. The first-order chi connectivity index (χ1) is 12.2. The highest BCUT2D eigenvalue weighted by molar-refractivity contribution is 5.88. The molecule has 136 valence electrons. The van der Waals surface area contributed by atoms with Crippen molar-refractivity contribution in [3.05, 3.63) is 23.9 Å². The van der Waals surface area contributed by atoms with Crippen LogP contribution in [-0.4, -0.2) is 44.7 Å².